The summed E-state index contributed by atoms with van der Waals surface area (Å²) in [4.78, 5) is 8.83. The average Bonchev–Trinajstić information content (AvgIpc) is 3.47. The first-order valence-corrected chi connectivity index (χ1v) is 11.9. The van der Waals surface area contributed by atoms with Crippen LogP contribution in [-0.2, 0) is 20.9 Å². The van der Waals surface area contributed by atoms with Gasteiger partial charge in [0.05, 0.1) is 36.7 Å². The maximum atomic E-state index is 11.7. The summed E-state index contributed by atoms with van der Waals surface area (Å²) in [6.07, 6.45) is 2.94. The quantitative estimate of drug-likeness (QED) is 0.429. The van der Waals surface area contributed by atoms with Crippen molar-refractivity contribution in [2.45, 2.75) is 49.6 Å². The molecule has 2 aliphatic rings. The third-order valence-corrected chi connectivity index (χ3v) is 7.51. The van der Waals surface area contributed by atoms with Crippen LogP contribution in [0.5, 0.6) is 0 Å². The lowest BCUT2D eigenvalue weighted by Gasteiger charge is -2.19. The summed E-state index contributed by atoms with van der Waals surface area (Å²) in [5, 5.41) is 25.4. The summed E-state index contributed by atoms with van der Waals surface area (Å²) in [5.41, 5.74) is 3.20. The van der Waals surface area contributed by atoms with Crippen LogP contribution in [-0.4, -0.2) is 58.5 Å². The first kappa shape index (κ1) is 21.3. The van der Waals surface area contributed by atoms with Crippen molar-refractivity contribution in [2.24, 2.45) is 0 Å². The zero-order valence-electron chi connectivity index (χ0n) is 17.4. The third kappa shape index (κ3) is 3.65. The van der Waals surface area contributed by atoms with E-state index in [1.54, 1.807) is 10.8 Å². The van der Waals surface area contributed by atoms with Crippen molar-refractivity contribution in [1.29, 1.82) is 0 Å². The molecule has 0 unspecified atom stereocenters. The molecule has 1 fully saturated rings. The van der Waals surface area contributed by atoms with E-state index in [1.807, 2.05) is 18.2 Å². The van der Waals surface area contributed by atoms with Crippen LogP contribution >= 0.6 is 0 Å². The summed E-state index contributed by atoms with van der Waals surface area (Å²) in [5.74, 6) is 0.695. The SMILES string of the molecule is COS(=O)(=O)N[C@H]1C[C@@H](n2ccc3c(N[C@H]4CCc5ccccc54)ncnc32)[C@H](O)[C@@H]1O. The molecule has 0 radical (unpaired) electrons. The molecule has 5 atom stereocenters. The number of aromatic nitrogens is 3. The van der Waals surface area contributed by atoms with Crippen LogP contribution < -0.4 is 10.0 Å². The van der Waals surface area contributed by atoms with Gasteiger partial charge in [0.2, 0.25) is 0 Å². The van der Waals surface area contributed by atoms with E-state index in [-0.39, 0.29) is 12.5 Å². The fourth-order valence-corrected chi connectivity index (χ4v) is 5.56. The lowest BCUT2D eigenvalue weighted by Crippen LogP contribution is -2.43. The number of aliphatic hydroxyl groups excluding tert-OH is 2. The Morgan fingerprint density at radius 1 is 1.16 bits per heavy atom. The standard InChI is InChI=1S/C21H25N5O5S/c1-31-32(29,30)25-16-10-17(19(28)18(16)27)26-9-8-14-20(22-11-23-21(14)26)24-15-7-6-12-4-2-3-5-13(12)15/h2-5,8-9,11,15-19,25,27-28H,6-7,10H2,1H3,(H,22,23,24)/t15-,16-,17+,18+,19-/m0/s1. The van der Waals surface area contributed by atoms with Crippen LogP contribution in [0.4, 0.5) is 5.82 Å². The summed E-state index contributed by atoms with van der Waals surface area (Å²) < 4.78 is 32.0. The molecule has 1 saturated carbocycles. The van der Waals surface area contributed by atoms with Crippen molar-refractivity contribution in [3.63, 3.8) is 0 Å². The fraction of sp³-hybridized carbons (Fsp3) is 0.429. The van der Waals surface area contributed by atoms with E-state index in [1.165, 1.54) is 17.5 Å². The van der Waals surface area contributed by atoms with Crippen LogP contribution in [0.15, 0.2) is 42.9 Å². The Bertz CT molecular complexity index is 1250. The Labute approximate surface area is 185 Å². The molecule has 0 spiro atoms. The molecule has 10 nitrogen and oxygen atoms in total. The van der Waals surface area contributed by atoms with Gasteiger partial charge in [-0.25, -0.2) is 9.97 Å². The Morgan fingerprint density at radius 3 is 2.78 bits per heavy atom. The van der Waals surface area contributed by atoms with Crippen LogP contribution in [0.2, 0.25) is 0 Å². The van der Waals surface area contributed by atoms with E-state index in [0.29, 0.717) is 11.5 Å². The van der Waals surface area contributed by atoms with Crippen molar-refractivity contribution >= 4 is 27.2 Å². The van der Waals surface area contributed by atoms with Crippen LogP contribution in [0.25, 0.3) is 11.0 Å². The topological polar surface area (TPSA) is 139 Å². The first-order valence-electron chi connectivity index (χ1n) is 10.5. The molecule has 0 aliphatic heterocycles. The maximum absolute atomic E-state index is 11.7. The third-order valence-electron chi connectivity index (χ3n) is 6.48. The smallest absolute Gasteiger partial charge is 0.335 e. The maximum Gasteiger partial charge on any atom is 0.335 e. The number of hydrogen-bond donors (Lipinski definition) is 4. The molecule has 0 bridgehead atoms. The molecule has 4 N–H and O–H groups in total. The zero-order chi connectivity index (χ0) is 22.5. The fourth-order valence-electron chi connectivity index (χ4n) is 4.86. The van der Waals surface area contributed by atoms with E-state index < -0.39 is 34.6 Å². The molecule has 5 rings (SSSR count). The normalized spacial score (nSPS) is 27.7. The highest BCUT2D eigenvalue weighted by molar-refractivity contribution is 7.84. The number of nitrogens with zero attached hydrogens (tertiary/aromatic N) is 3. The van der Waals surface area contributed by atoms with Crippen molar-refractivity contribution < 1.29 is 22.8 Å². The van der Waals surface area contributed by atoms with Gasteiger partial charge in [0.25, 0.3) is 0 Å². The van der Waals surface area contributed by atoms with Gasteiger partial charge in [-0.15, -0.1) is 0 Å². The Kier molecular flexibility index (Phi) is 5.38. The second-order valence-corrected chi connectivity index (χ2v) is 9.72. The highest BCUT2D eigenvalue weighted by atomic mass is 32.2. The molecular formula is C21H25N5O5S. The molecule has 0 saturated heterocycles. The minimum Gasteiger partial charge on any atom is -0.389 e. The van der Waals surface area contributed by atoms with E-state index in [4.69, 9.17) is 0 Å². The molecule has 1 aromatic carbocycles. The molecule has 0 amide bonds. The Morgan fingerprint density at radius 2 is 1.97 bits per heavy atom. The van der Waals surface area contributed by atoms with E-state index in [2.05, 4.69) is 36.3 Å². The van der Waals surface area contributed by atoms with Gasteiger partial charge in [0.1, 0.15) is 23.9 Å². The van der Waals surface area contributed by atoms with Gasteiger partial charge in [-0.05, 0) is 36.5 Å². The molecule has 32 heavy (non-hydrogen) atoms. The number of nitrogens with one attached hydrogen (secondary N) is 2. The molecular weight excluding hydrogens is 434 g/mol. The van der Waals surface area contributed by atoms with Crippen LogP contribution in [0, 0.1) is 0 Å². The summed E-state index contributed by atoms with van der Waals surface area (Å²) in [6.45, 7) is 0. The minimum absolute atomic E-state index is 0.152. The molecule has 170 valence electrons. The lowest BCUT2D eigenvalue weighted by atomic mass is 10.1. The molecule has 11 heteroatoms. The predicted molar refractivity (Wildman–Crippen MR) is 117 cm³/mol. The number of hydrogen-bond acceptors (Lipinski definition) is 8. The van der Waals surface area contributed by atoms with Gasteiger partial charge in [0.15, 0.2) is 0 Å². The van der Waals surface area contributed by atoms with Crippen LogP contribution in [0.1, 0.15) is 36.1 Å². The Balaban J connectivity index is 1.42. The van der Waals surface area contributed by atoms with Crippen molar-refractivity contribution in [1.82, 2.24) is 19.3 Å². The highest BCUT2D eigenvalue weighted by Gasteiger charge is 2.44. The van der Waals surface area contributed by atoms with E-state index in [9.17, 15) is 18.6 Å². The predicted octanol–water partition coefficient (Wildman–Crippen LogP) is 1.05. The van der Waals surface area contributed by atoms with Crippen molar-refractivity contribution in [3.05, 3.63) is 54.0 Å². The number of fused-ring (bicyclic) bond motifs is 2. The van der Waals surface area contributed by atoms with Crippen molar-refractivity contribution in [2.75, 3.05) is 12.4 Å². The molecule has 3 aromatic rings. The number of rotatable bonds is 6. The summed E-state index contributed by atoms with van der Waals surface area (Å²) >= 11 is 0. The first-order chi connectivity index (χ1) is 15.4. The Hall–Kier alpha value is -2.57. The monoisotopic (exact) mass is 459 g/mol. The zero-order valence-corrected chi connectivity index (χ0v) is 18.2. The number of aliphatic hydroxyl groups is 2. The van der Waals surface area contributed by atoms with Gasteiger partial charge >= 0.3 is 10.3 Å². The van der Waals surface area contributed by atoms with E-state index in [0.717, 1.165) is 25.3 Å². The second-order valence-electron chi connectivity index (χ2n) is 8.25. The number of benzene rings is 1. The second kappa shape index (κ2) is 8.09. The largest absolute Gasteiger partial charge is 0.389 e. The summed E-state index contributed by atoms with van der Waals surface area (Å²) in [6, 6.07) is 8.92. The van der Waals surface area contributed by atoms with Gasteiger partial charge in [0, 0.05) is 6.20 Å². The minimum atomic E-state index is -4.00. The highest BCUT2D eigenvalue weighted by Crippen LogP contribution is 2.37. The lowest BCUT2D eigenvalue weighted by molar-refractivity contribution is 0.0166. The van der Waals surface area contributed by atoms with Crippen LogP contribution in [0.3, 0.4) is 0 Å². The summed E-state index contributed by atoms with van der Waals surface area (Å²) in [7, 11) is -2.97. The molecule has 2 heterocycles. The van der Waals surface area contributed by atoms with Crippen molar-refractivity contribution in [3.8, 4) is 0 Å². The number of aryl methyl sites for hydroxylation is 1. The van der Waals surface area contributed by atoms with Gasteiger partial charge in [-0.2, -0.15) is 13.1 Å². The van der Waals surface area contributed by atoms with Gasteiger partial charge in [-0.3, -0.25) is 4.18 Å². The van der Waals surface area contributed by atoms with Gasteiger partial charge in [-0.1, -0.05) is 24.3 Å². The van der Waals surface area contributed by atoms with Gasteiger partial charge < -0.3 is 20.1 Å². The van der Waals surface area contributed by atoms with E-state index >= 15 is 0 Å². The molecule has 2 aliphatic carbocycles. The molecule has 2 aromatic heterocycles. The number of anilines is 1. The average molecular weight is 460 g/mol.